The van der Waals surface area contributed by atoms with E-state index in [-0.39, 0.29) is 11.5 Å². The van der Waals surface area contributed by atoms with Crippen molar-refractivity contribution in [3.63, 3.8) is 0 Å². The predicted molar refractivity (Wildman–Crippen MR) is 82.5 cm³/mol. The molecular formula is C15H20O5Si. The minimum absolute atomic E-state index is 0.163. The van der Waals surface area contributed by atoms with E-state index in [0.29, 0.717) is 11.3 Å². The third-order valence-corrected chi connectivity index (χ3v) is 3.06. The van der Waals surface area contributed by atoms with Gasteiger partial charge in [-0.05, 0) is 37.8 Å². The molecule has 0 aliphatic carbocycles. The van der Waals surface area contributed by atoms with Gasteiger partial charge < -0.3 is 13.9 Å². The molecule has 114 valence electrons. The van der Waals surface area contributed by atoms with Gasteiger partial charge in [0.05, 0.1) is 0 Å². The predicted octanol–water partition coefficient (Wildman–Crippen LogP) is 3.36. The van der Waals surface area contributed by atoms with Crippen molar-refractivity contribution in [2.75, 3.05) is 0 Å². The first kappa shape index (κ1) is 17.0. The molecular weight excluding hydrogens is 288 g/mol. The Labute approximate surface area is 125 Å². The van der Waals surface area contributed by atoms with Gasteiger partial charge in [0, 0.05) is 19.4 Å². The molecule has 0 N–H and O–H groups in total. The van der Waals surface area contributed by atoms with Crippen LogP contribution in [0.5, 0.6) is 11.5 Å². The highest BCUT2D eigenvalue weighted by Crippen LogP contribution is 2.32. The number of ether oxygens (including phenoxy) is 2. The molecule has 0 saturated carbocycles. The quantitative estimate of drug-likeness (QED) is 0.361. The van der Waals surface area contributed by atoms with Gasteiger partial charge in [0.2, 0.25) is 8.32 Å². The van der Waals surface area contributed by atoms with Crippen LogP contribution in [-0.2, 0) is 14.0 Å². The zero-order valence-corrected chi connectivity index (χ0v) is 14.0. The average molecular weight is 308 g/mol. The molecule has 0 saturated heterocycles. The molecule has 0 bridgehead atoms. The van der Waals surface area contributed by atoms with Gasteiger partial charge in [-0.2, -0.15) is 0 Å². The molecule has 0 fully saturated rings. The van der Waals surface area contributed by atoms with Gasteiger partial charge in [-0.3, -0.25) is 9.59 Å². The second-order valence-corrected chi connectivity index (χ2v) is 9.92. The highest BCUT2D eigenvalue weighted by molar-refractivity contribution is 6.70. The molecule has 21 heavy (non-hydrogen) atoms. The molecule has 1 aromatic carbocycles. The smallest absolute Gasteiger partial charge is 0.308 e. The van der Waals surface area contributed by atoms with E-state index in [2.05, 4.69) is 6.58 Å². The summed E-state index contributed by atoms with van der Waals surface area (Å²) in [4.78, 5) is 22.2. The molecule has 0 spiro atoms. The van der Waals surface area contributed by atoms with Crippen molar-refractivity contribution in [2.24, 2.45) is 0 Å². The van der Waals surface area contributed by atoms with Crippen LogP contribution in [-0.4, -0.2) is 20.3 Å². The summed E-state index contributed by atoms with van der Waals surface area (Å²) in [7, 11) is -1.78. The van der Waals surface area contributed by atoms with Crippen LogP contribution in [0.3, 0.4) is 0 Å². The third kappa shape index (κ3) is 5.82. The molecule has 0 heterocycles. The van der Waals surface area contributed by atoms with Crippen LogP contribution in [0, 0.1) is 0 Å². The van der Waals surface area contributed by atoms with E-state index in [9.17, 15) is 9.59 Å². The van der Waals surface area contributed by atoms with Crippen LogP contribution in [0.2, 0.25) is 19.6 Å². The topological polar surface area (TPSA) is 61.8 Å². The number of hydrogen-bond donors (Lipinski definition) is 0. The maximum Gasteiger partial charge on any atom is 0.308 e. The van der Waals surface area contributed by atoms with E-state index in [1.807, 2.05) is 19.6 Å². The van der Waals surface area contributed by atoms with Crippen LogP contribution in [0.4, 0.5) is 0 Å². The number of hydrogen-bond acceptors (Lipinski definition) is 5. The summed E-state index contributed by atoms with van der Waals surface area (Å²) >= 11 is 0. The third-order valence-electron chi connectivity index (χ3n) is 2.20. The lowest BCUT2D eigenvalue weighted by Gasteiger charge is -2.21. The average Bonchev–Trinajstić information content (AvgIpc) is 2.27. The van der Waals surface area contributed by atoms with Gasteiger partial charge in [0.25, 0.3) is 0 Å². The Morgan fingerprint density at radius 1 is 1.00 bits per heavy atom. The van der Waals surface area contributed by atoms with Crippen molar-refractivity contribution in [2.45, 2.75) is 33.5 Å². The summed E-state index contributed by atoms with van der Waals surface area (Å²) in [5, 5.41) is 0. The molecule has 0 aliphatic heterocycles. The fourth-order valence-electron chi connectivity index (χ4n) is 1.58. The fraction of sp³-hybridized carbons (Fsp3) is 0.333. The Bertz CT molecular complexity index is 572. The summed E-state index contributed by atoms with van der Waals surface area (Å²) in [5.74, 6) is -0.152. The lowest BCUT2D eigenvalue weighted by Crippen LogP contribution is -2.24. The summed E-state index contributed by atoms with van der Waals surface area (Å²) in [6.45, 7) is 12.6. The standard InChI is InChI=1S/C15H20O5Si/c1-10(20-21(4,5)6)13-7-8-14(18-11(2)16)15(9-13)19-12(3)17/h7-9H,1H2,2-6H3. The van der Waals surface area contributed by atoms with E-state index in [1.165, 1.54) is 13.8 Å². The van der Waals surface area contributed by atoms with E-state index < -0.39 is 20.3 Å². The second kappa shape index (κ2) is 6.58. The van der Waals surface area contributed by atoms with Gasteiger partial charge in [0.15, 0.2) is 11.5 Å². The Kier molecular flexibility index (Phi) is 5.32. The Morgan fingerprint density at radius 2 is 1.52 bits per heavy atom. The largest absolute Gasteiger partial charge is 0.544 e. The van der Waals surface area contributed by atoms with Crippen molar-refractivity contribution in [3.8, 4) is 11.5 Å². The molecule has 1 aromatic rings. The maximum absolute atomic E-state index is 11.2. The summed E-state index contributed by atoms with van der Waals surface area (Å²) in [6.07, 6.45) is 0. The fourth-order valence-corrected chi connectivity index (χ4v) is 2.44. The Hall–Kier alpha value is -2.08. The highest BCUT2D eigenvalue weighted by atomic mass is 28.4. The Morgan fingerprint density at radius 3 is 2.00 bits per heavy atom. The molecule has 0 radical (unpaired) electrons. The van der Waals surface area contributed by atoms with Gasteiger partial charge in [-0.15, -0.1) is 0 Å². The van der Waals surface area contributed by atoms with Crippen LogP contribution in [0.15, 0.2) is 24.8 Å². The SMILES string of the molecule is C=C(O[Si](C)(C)C)c1ccc(OC(C)=O)c(OC(C)=O)c1. The molecule has 0 atom stereocenters. The van der Waals surface area contributed by atoms with Crippen molar-refractivity contribution in [1.82, 2.24) is 0 Å². The maximum atomic E-state index is 11.2. The first-order chi connectivity index (χ1) is 9.58. The molecule has 5 nitrogen and oxygen atoms in total. The van der Waals surface area contributed by atoms with Gasteiger partial charge in [-0.25, -0.2) is 0 Å². The van der Waals surface area contributed by atoms with E-state index in [1.54, 1.807) is 18.2 Å². The van der Waals surface area contributed by atoms with Gasteiger partial charge in [-0.1, -0.05) is 6.58 Å². The molecule has 0 aromatic heterocycles. The minimum atomic E-state index is -1.78. The molecule has 0 aliphatic rings. The number of rotatable bonds is 5. The first-order valence-corrected chi connectivity index (χ1v) is 9.88. The molecule has 1 rings (SSSR count). The van der Waals surface area contributed by atoms with E-state index >= 15 is 0 Å². The zero-order valence-electron chi connectivity index (χ0n) is 13.0. The van der Waals surface area contributed by atoms with Crippen molar-refractivity contribution < 1.29 is 23.5 Å². The van der Waals surface area contributed by atoms with Crippen LogP contribution < -0.4 is 9.47 Å². The van der Waals surface area contributed by atoms with E-state index in [4.69, 9.17) is 13.9 Å². The molecule has 6 heteroatoms. The molecule has 0 unspecified atom stereocenters. The van der Waals surface area contributed by atoms with Crippen LogP contribution in [0.25, 0.3) is 5.76 Å². The summed E-state index contributed by atoms with van der Waals surface area (Å²) in [5.41, 5.74) is 0.671. The van der Waals surface area contributed by atoms with Gasteiger partial charge >= 0.3 is 11.9 Å². The lowest BCUT2D eigenvalue weighted by molar-refractivity contribution is -0.134. The minimum Gasteiger partial charge on any atom is -0.544 e. The molecule has 0 amide bonds. The lowest BCUT2D eigenvalue weighted by atomic mass is 10.2. The number of carbonyl (C=O) groups is 2. The Balaban J connectivity index is 3.11. The van der Waals surface area contributed by atoms with E-state index in [0.717, 1.165) is 0 Å². The van der Waals surface area contributed by atoms with Crippen LogP contribution >= 0.6 is 0 Å². The van der Waals surface area contributed by atoms with Crippen molar-refractivity contribution in [1.29, 1.82) is 0 Å². The summed E-state index contributed by atoms with van der Waals surface area (Å²) < 4.78 is 15.9. The monoisotopic (exact) mass is 308 g/mol. The van der Waals surface area contributed by atoms with Crippen LogP contribution in [0.1, 0.15) is 19.4 Å². The zero-order chi connectivity index (χ0) is 16.2. The first-order valence-electron chi connectivity index (χ1n) is 6.47. The second-order valence-electron chi connectivity index (χ2n) is 5.49. The number of carbonyl (C=O) groups excluding carboxylic acids is 2. The number of benzene rings is 1. The van der Waals surface area contributed by atoms with Crippen molar-refractivity contribution >= 4 is 26.0 Å². The number of esters is 2. The van der Waals surface area contributed by atoms with Crippen molar-refractivity contribution in [3.05, 3.63) is 30.3 Å². The van der Waals surface area contributed by atoms with Gasteiger partial charge in [0.1, 0.15) is 5.76 Å². The normalized spacial score (nSPS) is 10.7. The highest BCUT2D eigenvalue weighted by Gasteiger charge is 2.19. The summed E-state index contributed by atoms with van der Waals surface area (Å²) in [6, 6.07) is 4.82.